The maximum absolute atomic E-state index is 15.0. The molecule has 1 aromatic heterocycles. The summed E-state index contributed by atoms with van der Waals surface area (Å²) >= 11 is 0. The van der Waals surface area contributed by atoms with Gasteiger partial charge in [-0.05, 0) is 175 Å². The minimum atomic E-state index is -5.17. The number of hydrogen-bond acceptors (Lipinski definition) is 22. The predicted octanol–water partition coefficient (Wildman–Crippen LogP) is 12.8. The summed E-state index contributed by atoms with van der Waals surface area (Å²) in [6, 6.07) is 2.80. The molecule has 2 fully saturated rings. The molecule has 0 bridgehead atoms. The second-order valence-corrected chi connectivity index (χ2v) is 30.9. The maximum atomic E-state index is 15.0. The molecule has 10 amide bonds. The molecule has 0 spiro atoms. The van der Waals surface area contributed by atoms with Gasteiger partial charge in [-0.25, -0.2) is 38.7 Å². The van der Waals surface area contributed by atoms with Crippen molar-refractivity contribution < 1.29 is 112 Å². The summed E-state index contributed by atoms with van der Waals surface area (Å²) in [5.41, 5.74) is -12.6. The van der Waals surface area contributed by atoms with E-state index in [1.54, 1.807) is 125 Å². The zero-order valence-corrected chi connectivity index (χ0v) is 63.8. The number of alkyl carbamates (subject to hydrolysis) is 4. The summed E-state index contributed by atoms with van der Waals surface area (Å²) in [5.74, 6) is -6.21. The minimum Gasteiger partial charge on any atom is -0.484 e. The molecule has 8 N–H and O–H groups in total. The Morgan fingerprint density at radius 1 is 0.417 bits per heavy atom. The Bertz CT molecular complexity index is 3530. The summed E-state index contributed by atoms with van der Waals surface area (Å²) < 4.78 is 135. The Hall–Kier alpha value is -10.5. The molecule has 38 heteroatoms. The van der Waals surface area contributed by atoms with Gasteiger partial charge in [-0.1, -0.05) is 0 Å². The van der Waals surface area contributed by atoms with Crippen LogP contribution in [0, 0.1) is 0 Å². The van der Waals surface area contributed by atoms with E-state index >= 15 is 0 Å². The van der Waals surface area contributed by atoms with Gasteiger partial charge in [0, 0.05) is 57.9 Å². The number of alkyl halides is 6. The maximum Gasteiger partial charge on any atom is 0.416 e. The molecule has 2 aliphatic heterocycles. The average Bonchev–Trinajstić information content (AvgIpc) is 1.02. The van der Waals surface area contributed by atoms with Gasteiger partial charge in [-0.3, -0.25) is 50.4 Å². The fraction of sp³-hybridized carbons (Fsp3) is 0.600. The van der Waals surface area contributed by atoms with Crippen LogP contribution in [0.4, 0.5) is 77.9 Å². The van der Waals surface area contributed by atoms with E-state index in [9.17, 15) is 74.3 Å². The molecule has 598 valence electrons. The monoisotopic (exact) mass is 1540 g/mol. The molecule has 2 atom stereocenters. The highest BCUT2D eigenvalue weighted by atomic mass is 19.4. The molecule has 2 aliphatic rings. The number of anilines is 4. The van der Waals surface area contributed by atoms with Gasteiger partial charge in [-0.2, -0.15) is 26.3 Å². The van der Waals surface area contributed by atoms with Gasteiger partial charge in [-0.15, -0.1) is 0 Å². The standard InChI is InChI=1S/C70H98F6N14O18/c1-63(2,3)103-57(95)85-55(86-58(96)104-64(4,5)6)77-27-21-19-23-49(91)81-43-31-39(69(71,72)73)33-45(51(43)101-41-25-29-89(36-41)61(99)107-67(13,14)15)83-53(93)47-35-48(80-38-79-47)54(94)84-46-34-40(70(74,75)76)32-44(52(46)102-42-26-30-90(37-42)62(100)108-68(16,17)18)82-50(92)24-20-22-28-78-56(87-59(97)105-65(7,8)9)88-60(98)106-66(10,11)12/h31-35,38,41-42H,19-30,36-37H2,1-18H3,(H,81,91)(H,82,92)(H,83,93)(H,84,94)(H2,77,85,86,95,96)(H2,78,87,88,97,98)/t41-,42-/m1/s1. The summed E-state index contributed by atoms with van der Waals surface area (Å²) in [7, 11) is 0. The van der Waals surface area contributed by atoms with Crippen LogP contribution in [-0.4, -0.2) is 177 Å². The van der Waals surface area contributed by atoms with E-state index in [-0.39, 0.29) is 103 Å². The Kier molecular flexibility index (Phi) is 29.7. The summed E-state index contributed by atoms with van der Waals surface area (Å²) in [6.07, 6.45) is -17.5. The second kappa shape index (κ2) is 36.4. The molecule has 5 rings (SSSR count). The smallest absolute Gasteiger partial charge is 0.416 e. The molecule has 0 aliphatic carbocycles. The van der Waals surface area contributed by atoms with Gasteiger partial charge in [0.2, 0.25) is 23.7 Å². The first-order valence-corrected chi connectivity index (χ1v) is 34.5. The number of halogens is 6. The second-order valence-electron chi connectivity index (χ2n) is 30.9. The zero-order valence-electron chi connectivity index (χ0n) is 63.8. The number of unbranched alkanes of at least 4 members (excludes halogenated alkanes) is 2. The van der Waals surface area contributed by atoms with Crippen molar-refractivity contribution in [2.75, 3.05) is 60.5 Å². The lowest BCUT2D eigenvalue weighted by molar-refractivity contribution is -0.138. The third kappa shape index (κ3) is 31.9. The van der Waals surface area contributed by atoms with E-state index in [1.807, 2.05) is 0 Å². The topological polar surface area (TPSA) is 398 Å². The molecular formula is C70H98F6N14O18. The first kappa shape index (κ1) is 88.2. The van der Waals surface area contributed by atoms with E-state index < -0.39 is 175 Å². The number of nitrogens with one attached hydrogen (secondary N) is 8. The lowest BCUT2D eigenvalue weighted by atomic mass is 10.1. The van der Waals surface area contributed by atoms with Crippen molar-refractivity contribution in [1.82, 2.24) is 41.0 Å². The van der Waals surface area contributed by atoms with E-state index in [2.05, 4.69) is 62.5 Å². The number of likely N-dealkylation sites (tertiary alicyclic amines) is 2. The lowest BCUT2D eigenvalue weighted by Crippen LogP contribution is -2.47. The molecule has 3 aromatic rings. The number of guanidine groups is 2. The van der Waals surface area contributed by atoms with E-state index in [1.165, 1.54) is 9.80 Å². The largest absolute Gasteiger partial charge is 0.484 e. The molecule has 0 saturated carbocycles. The number of benzene rings is 2. The van der Waals surface area contributed by atoms with Crippen LogP contribution in [0.2, 0.25) is 0 Å². The number of ether oxygens (including phenoxy) is 8. The van der Waals surface area contributed by atoms with Crippen LogP contribution in [0.15, 0.2) is 46.6 Å². The number of aromatic nitrogens is 2. The van der Waals surface area contributed by atoms with Crippen LogP contribution >= 0.6 is 0 Å². The highest BCUT2D eigenvalue weighted by Gasteiger charge is 2.39. The average molecular weight is 1540 g/mol. The van der Waals surface area contributed by atoms with Crippen molar-refractivity contribution in [3.05, 3.63) is 59.2 Å². The third-order valence-electron chi connectivity index (χ3n) is 13.8. The molecule has 108 heavy (non-hydrogen) atoms. The Morgan fingerprint density at radius 3 is 0.981 bits per heavy atom. The fourth-order valence-corrected chi connectivity index (χ4v) is 9.58. The molecule has 32 nitrogen and oxygen atoms in total. The number of carbonyl (C=O) groups excluding carboxylic acids is 10. The molecule has 3 heterocycles. The Morgan fingerprint density at radius 2 is 0.704 bits per heavy atom. The number of amides is 10. The van der Waals surface area contributed by atoms with Gasteiger partial charge in [0.25, 0.3) is 11.8 Å². The summed E-state index contributed by atoms with van der Waals surface area (Å²) in [4.78, 5) is 152. The number of rotatable bonds is 20. The van der Waals surface area contributed by atoms with Crippen LogP contribution in [0.3, 0.4) is 0 Å². The van der Waals surface area contributed by atoms with Crippen molar-refractivity contribution in [3.8, 4) is 11.5 Å². The molecule has 2 saturated heterocycles. The van der Waals surface area contributed by atoms with E-state index in [0.717, 1.165) is 6.07 Å². The van der Waals surface area contributed by atoms with Crippen LogP contribution in [0.25, 0.3) is 0 Å². The van der Waals surface area contributed by atoms with Crippen molar-refractivity contribution >= 4 is 94.9 Å². The third-order valence-corrected chi connectivity index (χ3v) is 13.8. The van der Waals surface area contributed by atoms with Gasteiger partial charge < -0.3 is 69.0 Å². The van der Waals surface area contributed by atoms with Crippen LogP contribution in [0.5, 0.6) is 11.5 Å². The number of nitrogens with zero attached hydrogens (tertiary/aromatic N) is 6. The fourth-order valence-electron chi connectivity index (χ4n) is 9.58. The molecule has 2 aromatic carbocycles. The quantitative estimate of drug-likeness (QED) is 0.0171. The van der Waals surface area contributed by atoms with Gasteiger partial charge in [0.15, 0.2) is 11.5 Å². The number of aliphatic imine (C=N–C) groups is 2. The SMILES string of the molecule is CC(C)(C)OC(=O)NC(=NCCCCC(=O)Nc1cc(C(F)(F)F)cc(NC(=O)c2cc(C(=O)Nc3cc(C(F)(F)F)cc(NC(=O)CCCCN=C(NC(=O)OC(C)(C)C)NC(=O)OC(C)(C)C)c3O[C@@H]3CCN(C(=O)OC(C)(C)C)C3)ncn2)c1O[C@@H]1CCN(C(=O)OC(C)(C)C)C1)NC(=O)OC(C)(C)C. The summed E-state index contributed by atoms with van der Waals surface area (Å²) in [6.45, 7) is 28.4. The number of carbonyl (C=O) groups is 10. The van der Waals surface area contributed by atoms with Gasteiger partial charge in [0.1, 0.15) is 63.5 Å². The minimum absolute atomic E-state index is 0.00584. The van der Waals surface area contributed by atoms with Crippen LogP contribution < -0.4 is 52.0 Å². The Labute approximate surface area is 621 Å². The van der Waals surface area contributed by atoms with Crippen molar-refractivity contribution in [1.29, 1.82) is 0 Å². The predicted molar refractivity (Wildman–Crippen MR) is 382 cm³/mol. The lowest BCUT2D eigenvalue weighted by Gasteiger charge is -2.25. The van der Waals surface area contributed by atoms with Crippen molar-refractivity contribution in [2.24, 2.45) is 9.98 Å². The highest BCUT2D eigenvalue weighted by molar-refractivity contribution is 6.09. The van der Waals surface area contributed by atoms with Gasteiger partial charge in [0.05, 0.1) is 47.0 Å². The molecular weight excluding hydrogens is 1440 g/mol. The molecule has 0 radical (unpaired) electrons. The van der Waals surface area contributed by atoms with E-state index in [4.69, 9.17) is 37.9 Å². The number of hydrogen-bond donors (Lipinski definition) is 8. The first-order chi connectivity index (χ1) is 49.6. The Balaban J connectivity index is 1.48. The summed E-state index contributed by atoms with van der Waals surface area (Å²) in [5, 5.41) is 18.7. The zero-order chi connectivity index (χ0) is 81.3. The highest BCUT2D eigenvalue weighted by Crippen LogP contribution is 2.44. The first-order valence-electron chi connectivity index (χ1n) is 34.5. The van der Waals surface area contributed by atoms with Gasteiger partial charge >= 0.3 is 48.9 Å². The normalized spacial score (nSPS) is 14.9. The van der Waals surface area contributed by atoms with E-state index in [0.29, 0.717) is 30.6 Å². The van der Waals surface area contributed by atoms with Crippen molar-refractivity contribution in [2.45, 2.75) is 234 Å². The van der Waals surface area contributed by atoms with Crippen LogP contribution in [0.1, 0.15) is 208 Å². The van der Waals surface area contributed by atoms with Crippen molar-refractivity contribution in [3.63, 3.8) is 0 Å². The molecule has 0 unspecified atom stereocenters. The van der Waals surface area contributed by atoms with Crippen LogP contribution in [-0.2, 0) is 50.4 Å².